The SMILES string of the molecule is N#Cc1cc(N)cn(C2C3CC4CC(C3)CC2C4)c1=O. The molecule has 0 aromatic carbocycles. The molecule has 5 rings (SSSR count). The van der Waals surface area contributed by atoms with Gasteiger partial charge in [0, 0.05) is 17.9 Å². The highest BCUT2D eigenvalue weighted by molar-refractivity contribution is 5.42. The number of nitrogens with two attached hydrogens (primary N) is 1. The van der Waals surface area contributed by atoms with Crippen molar-refractivity contribution in [1.29, 1.82) is 5.26 Å². The quantitative estimate of drug-likeness (QED) is 0.850. The molecule has 4 bridgehead atoms. The summed E-state index contributed by atoms with van der Waals surface area (Å²) in [5.41, 5.74) is 6.44. The van der Waals surface area contributed by atoms with E-state index in [0.717, 1.165) is 11.8 Å². The van der Waals surface area contributed by atoms with Gasteiger partial charge < -0.3 is 10.3 Å². The first-order valence-electron chi connectivity index (χ1n) is 7.57. The molecule has 20 heavy (non-hydrogen) atoms. The molecule has 4 nitrogen and oxygen atoms in total. The maximum Gasteiger partial charge on any atom is 0.268 e. The van der Waals surface area contributed by atoms with Crippen LogP contribution in [-0.4, -0.2) is 4.57 Å². The van der Waals surface area contributed by atoms with Gasteiger partial charge in [0.1, 0.15) is 11.6 Å². The molecule has 2 N–H and O–H groups in total. The lowest BCUT2D eigenvalue weighted by Gasteiger charge is -2.54. The number of hydrogen-bond donors (Lipinski definition) is 1. The largest absolute Gasteiger partial charge is 0.398 e. The van der Waals surface area contributed by atoms with Crippen molar-refractivity contribution in [3.05, 3.63) is 28.2 Å². The molecule has 0 atom stereocenters. The van der Waals surface area contributed by atoms with Gasteiger partial charge in [-0.15, -0.1) is 0 Å². The first-order chi connectivity index (χ1) is 9.65. The summed E-state index contributed by atoms with van der Waals surface area (Å²) < 4.78 is 1.79. The minimum Gasteiger partial charge on any atom is -0.398 e. The van der Waals surface area contributed by atoms with Crippen LogP contribution in [-0.2, 0) is 0 Å². The Bertz CT molecular complexity index is 627. The molecule has 1 aromatic rings. The molecular formula is C16H19N3O. The van der Waals surface area contributed by atoms with E-state index >= 15 is 0 Å². The van der Waals surface area contributed by atoms with Crippen molar-refractivity contribution in [2.45, 2.75) is 38.1 Å². The van der Waals surface area contributed by atoms with E-state index in [-0.39, 0.29) is 17.2 Å². The zero-order valence-corrected chi connectivity index (χ0v) is 11.5. The van der Waals surface area contributed by atoms with Gasteiger partial charge in [-0.3, -0.25) is 4.79 Å². The van der Waals surface area contributed by atoms with Crippen molar-refractivity contribution in [2.24, 2.45) is 23.7 Å². The van der Waals surface area contributed by atoms with Gasteiger partial charge in [0.25, 0.3) is 5.56 Å². The van der Waals surface area contributed by atoms with Crippen LogP contribution in [0.1, 0.15) is 43.7 Å². The molecule has 0 radical (unpaired) electrons. The first kappa shape index (κ1) is 12.0. The van der Waals surface area contributed by atoms with Crippen LogP contribution in [0.4, 0.5) is 5.69 Å². The molecule has 1 aromatic heterocycles. The molecule has 1 heterocycles. The number of hydrogen-bond acceptors (Lipinski definition) is 3. The molecule has 104 valence electrons. The van der Waals surface area contributed by atoms with Gasteiger partial charge >= 0.3 is 0 Å². The standard InChI is InChI=1S/C16H19N3O/c17-7-13-6-14(18)8-19(16(13)20)15-11-2-9-1-10(4-11)5-12(15)3-9/h6,8-12,15H,1-5,18H2. The fraction of sp³-hybridized carbons (Fsp3) is 0.625. The van der Waals surface area contributed by atoms with Crippen LogP contribution in [0.25, 0.3) is 0 Å². The topological polar surface area (TPSA) is 71.8 Å². The highest BCUT2D eigenvalue weighted by Gasteiger charge is 2.49. The van der Waals surface area contributed by atoms with Crippen LogP contribution in [0, 0.1) is 35.0 Å². The summed E-state index contributed by atoms with van der Waals surface area (Å²) in [7, 11) is 0. The van der Waals surface area contributed by atoms with Crippen LogP contribution in [0.3, 0.4) is 0 Å². The van der Waals surface area contributed by atoms with Gasteiger partial charge in [-0.25, -0.2) is 0 Å². The molecule has 0 spiro atoms. The summed E-state index contributed by atoms with van der Waals surface area (Å²) in [4.78, 5) is 12.5. The predicted molar refractivity (Wildman–Crippen MR) is 75.9 cm³/mol. The second kappa shape index (κ2) is 4.12. The Morgan fingerprint density at radius 1 is 1.15 bits per heavy atom. The van der Waals surface area contributed by atoms with E-state index in [9.17, 15) is 4.79 Å². The van der Waals surface area contributed by atoms with E-state index in [0.29, 0.717) is 17.5 Å². The molecular weight excluding hydrogens is 250 g/mol. The molecule has 4 aliphatic rings. The van der Waals surface area contributed by atoms with E-state index < -0.39 is 0 Å². The molecule has 4 aliphatic carbocycles. The Kier molecular flexibility index (Phi) is 2.47. The van der Waals surface area contributed by atoms with Crippen molar-refractivity contribution >= 4 is 5.69 Å². The van der Waals surface area contributed by atoms with Crippen LogP contribution in [0.15, 0.2) is 17.1 Å². The third kappa shape index (κ3) is 1.62. The van der Waals surface area contributed by atoms with Crippen LogP contribution in [0.2, 0.25) is 0 Å². The zero-order chi connectivity index (χ0) is 13.9. The van der Waals surface area contributed by atoms with Crippen LogP contribution >= 0.6 is 0 Å². The van der Waals surface area contributed by atoms with Gasteiger partial charge in [0.15, 0.2) is 0 Å². The fourth-order valence-corrected chi connectivity index (χ4v) is 5.28. The molecule has 4 heteroatoms. The van der Waals surface area contributed by atoms with E-state index in [1.54, 1.807) is 10.8 Å². The minimum absolute atomic E-state index is 0.154. The van der Waals surface area contributed by atoms with Crippen molar-refractivity contribution in [2.75, 3.05) is 5.73 Å². The highest BCUT2D eigenvalue weighted by Crippen LogP contribution is 2.57. The molecule has 0 amide bonds. The van der Waals surface area contributed by atoms with Crippen LogP contribution < -0.4 is 11.3 Å². The summed E-state index contributed by atoms with van der Waals surface area (Å²) in [5, 5.41) is 9.10. The van der Waals surface area contributed by atoms with Crippen molar-refractivity contribution in [1.82, 2.24) is 4.57 Å². The smallest absolute Gasteiger partial charge is 0.268 e. The minimum atomic E-state index is -0.154. The van der Waals surface area contributed by atoms with Gasteiger partial charge in [-0.2, -0.15) is 5.26 Å². The first-order valence-corrected chi connectivity index (χ1v) is 7.57. The number of nitrogen functional groups attached to an aromatic ring is 1. The van der Waals surface area contributed by atoms with Gasteiger partial charge in [0.05, 0.1) is 0 Å². The maximum atomic E-state index is 12.5. The van der Waals surface area contributed by atoms with E-state index in [4.69, 9.17) is 11.0 Å². The molecule has 0 aliphatic heterocycles. The highest BCUT2D eigenvalue weighted by atomic mass is 16.1. The van der Waals surface area contributed by atoms with Gasteiger partial charge in [-0.05, 0) is 61.8 Å². The number of nitriles is 1. The zero-order valence-electron chi connectivity index (χ0n) is 11.5. The summed E-state index contributed by atoms with van der Waals surface area (Å²) in [6.07, 6.45) is 8.16. The monoisotopic (exact) mass is 269 g/mol. The second-order valence-corrected chi connectivity index (χ2v) is 6.93. The average molecular weight is 269 g/mol. The van der Waals surface area contributed by atoms with Gasteiger partial charge in [0.2, 0.25) is 0 Å². The number of anilines is 1. The normalized spacial score (nSPS) is 37.9. The van der Waals surface area contributed by atoms with E-state index in [1.165, 1.54) is 38.2 Å². The average Bonchev–Trinajstić information content (AvgIpc) is 2.40. The lowest BCUT2D eigenvalue weighted by Crippen LogP contribution is -2.48. The summed E-state index contributed by atoms with van der Waals surface area (Å²) in [5.74, 6) is 2.97. The second-order valence-electron chi connectivity index (χ2n) is 6.93. The summed E-state index contributed by atoms with van der Waals surface area (Å²) >= 11 is 0. The van der Waals surface area contributed by atoms with Gasteiger partial charge in [-0.1, -0.05) is 0 Å². The Hall–Kier alpha value is -1.76. The fourth-order valence-electron chi connectivity index (χ4n) is 5.28. The summed E-state index contributed by atoms with van der Waals surface area (Å²) in [6.45, 7) is 0. The van der Waals surface area contributed by atoms with E-state index in [1.807, 2.05) is 6.07 Å². The lowest BCUT2D eigenvalue weighted by molar-refractivity contribution is -0.0303. The number of pyridine rings is 1. The van der Waals surface area contributed by atoms with E-state index in [2.05, 4.69) is 0 Å². The molecule has 4 saturated carbocycles. The number of nitrogens with zero attached hydrogens (tertiary/aromatic N) is 2. The molecule has 0 unspecified atom stereocenters. The third-order valence-corrected chi connectivity index (χ3v) is 5.68. The van der Waals surface area contributed by atoms with Crippen molar-refractivity contribution in [3.8, 4) is 6.07 Å². The molecule has 4 fully saturated rings. The number of aromatic nitrogens is 1. The number of rotatable bonds is 1. The molecule has 0 saturated heterocycles. The Morgan fingerprint density at radius 2 is 1.75 bits per heavy atom. The summed E-state index contributed by atoms with van der Waals surface area (Å²) in [6, 6.07) is 3.75. The van der Waals surface area contributed by atoms with Crippen molar-refractivity contribution < 1.29 is 0 Å². The lowest BCUT2D eigenvalue weighted by atomic mass is 9.54. The Labute approximate surface area is 118 Å². The van der Waals surface area contributed by atoms with Crippen LogP contribution in [0.5, 0.6) is 0 Å². The van der Waals surface area contributed by atoms with Crippen molar-refractivity contribution in [3.63, 3.8) is 0 Å². The maximum absolute atomic E-state index is 12.5. The third-order valence-electron chi connectivity index (χ3n) is 5.68. The Balaban J connectivity index is 1.80. The Morgan fingerprint density at radius 3 is 2.30 bits per heavy atom. The predicted octanol–water partition coefficient (Wildman–Crippen LogP) is 2.30.